The first-order valence-corrected chi connectivity index (χ1v) is 5.28. The minimum Gasteiger partial charge on any atom is -0.497 e. The molecule has 0 radical (unpaired) electrons. The zero-order valence-corrected chi connectivity index (χ0v) is 9.10. The number of nitrogens with one attached hydrogen (secondary N) is 1. The normalized spacial score (nSPS) is 19.7. The minimum atomic E-state index is -0.349. The Labute approximate surface area is 93.6 Å². The standard InChI is InChI=1S/C11H14N2O3/c1-16-8-4-5-9(10-3-2-6-12-10)11(7-8)13(14)15/h4-5,7,10,12H,2-3,6H2,1H3. The van der Waals surface area contributed by atoms with Gasteiger partial charge in [0.2, 0.25) is 0 Å². The second-order valence-corrected chi connectivity index (χ2v) is 3.83. The average Bonchev–Trinajstić information content (AvgIpc) is 2.81. The van der Waals surface area contributed by atoms with Gasteiger partial charge in [-0.1, -0.05) is 0 Å². The van der Waals surface area contributed by atoms with E-state index in [2.05, 4.69) is 5.32 Å². The van der Waals surface area contributed by atoms with Crippen LogP contribution in [0, 0.1) is 10.1 Å². The van der Waals surface area contributed by atoms with E-state index in [4.69, 9.17) is 4.74 Å². The highest BCUT2D eigenvalue weighted by atomic mass is 16.6. The maximum Gasteiger partial charge on any atom is 0.277 e. The fourth-order valence-corrected chi connectivity index (χ4v) is 2.05. The van der Waals surface area contributed by atoms with Crippen LogP contribution in [0.4, 0.5) is 5.69 Å². The van der Waals surface area contributed by atoms with Crippen LogP contribution < -0.4 is 10.1 Å². The molecule has 1 fully saturated rings. The lowest BCUT2D eigenvalue weighted by Crippen LogP contribution is -2.14. The number of ether oxygens (including phenoxy) is 1. The first-order valence-electron chi connectivity index (χ1n) is 5.28. The third kappa shape index (κ3) is 1.99. The van der Waals surface area contributed by atoms with E-state index in [0.29, 0.717) is 5.75 Å². The summed E-state index contributed by atoms with van der Waals surface area (Å²) in [5.41, 5.74) is 0.891. The molecule has 1 aromatic rings. The van der Waals surface area contributed by atoms with Crippen molar-refractivity contribution in [2.75, 3.05) is 13.7 Å². The van der Waals surface area contributed by atoms with Crippen LogP contribution in [0.5, 0.6) is 5.75 Å². The van der Waals surface area contributed by atoms with E-state index in [1.807, 2.05) is 0 Å². The Hall–Kier alpha value is -1.62. The van der Waals surface area contributed by atoms with Crippen LogP contribution in [0.2, 0.25) is 0 Å². The topological polar surface area (TPSA) is 64.4 Å². The average molecular weight is 222 g/mol. The summed E-state index contributed by atoms with van der Waals surface area (Å²) < 4.78 is 5.00. The Bertz CT molecular complexity index is 400. The second-order valence-electron chi connectivity index (χ2n) is 3.83. The molecule has 1 N–H and O–H groups in total. The Morgan fingerprint density at radius 3 is 2.94 bits per heavy atom. The van der Waals surface area contributed by atoms with Crippen LogP contribution in [0.1, 0.15) is 24.4 Å². The molecule has 1 aliphatic rings. The van der Waals surface area contributed by atoms with Gasteiger partial charge in [-0.25, -0.2) is 0 Å². The lowest BCUT2D eigenvalue weighted by atomic mass is 10.0. The molecule has 0 spiro atoms. The molecular weight excluding hydrogens is 208 g/mol. The molecule has 0 aromatic heterocycles. The molecule has 0 bridgehead atoms. The Balaban J connectivity index is 2.39. The van der Waals surface area contributed by atoms with Crippen molar-refractivity contribution in [2.24, 2.45) is 0 Å². The number of nitro groups is 1. The molecule has 1 aliphatic heterocycles. The summed E-state index contributed by atoms with van der Waals surface area (Å²) in [4.78, 5) is 10.6. The number of nitrogens with zero attached hydrogens (tertiary/aromatic N) is 1. The van der Waals surface area contributed by atoms with Crippen molar-refractivity contribution in [2.45, 2.75) is 18.9 Å². The van der Waals surface area contributed by atoms with Gasteiger partial charge >= 0.3 is 0 Å². The Morgan fingerprint density at radius 1 is 1.56 bits per heavy atom. The molecule has 1 aromatic carbocycles. The van der Waals surface area contributed by atoms with Gasteiger partial charge < -0.3 is 10.1 Å². The summed E-state index contributed by atoms with van der Waals surface area (Å²) in [6.07, 6.45) is 2.01. The van der Waals surface area contributed by atoms with E-state index in [1.54, 1.807) is 12.1 Å². The van der Waals surface area contributed by atoms with Gasteiger partial charge in [0.05, 0.1) is 18.1 Å². The zero-order chi connectivity index (χ0) is 11.5. The van der Waals surface area contributed by atoms with Gasteiger partial charge in [0.15, 0.2) is 0 Å². The molecule has 1 heterocycles. The predicted octanol–water partition coefficient (Wildman–Crippen LogP) is 2.03. The van der Waals surface area contributed by atoms with Gasteiger partial charge in [0.25, 0.3) is 5.69 Å². The van der Waals surface area contributed by atoms with Gasteiger partial charge in [-0.3, -0.25) is 10.1 Å². The fraction of sp³-hybridized carbons (Fsp3) is 0.455. The number of hydrogen-bond donors (Lipinski definition) is 1. The van der Waals surface area contributed by atoms with Gasteiger partial charge in [-0.2, -0.15) is 0 Å². The van der Waals surface area contributed by atoms with Crippen molar-refractivity contribution in [1.82, 2.24) is 5.32 Å². The lowest BCUT2D eigenvalue weighted by molar-refractivity contribution is -0.385. The van der Waals surface area contributed by atoms with Gasteiger partial charge in [0, 0.05) is 11.6 Å². The molecule has 0 aliphatic carbocycles. The van der Waals surface area contributed by atoms with E-state index in [9.17, 15) is 10.1 Å². The van der Waals surface area contributed by atoms with Gasteiger partial charge in [0.1, 0.15) is 5.75 Å². The summed E-state index contributed by atoms with van der Waals surface area (Å²) in [7, 11) is 1.51. The molecule has 1 atom stereocenters. The summed E-state index contributed by atoms with van der Waals surface area (Å²) in [6.45, 7) is 0.924. The molecule has 86 valence electrons. The van der Waals surface area contributed by atoms with Crippen LogP contribution in [-0.4, -0.2) is 18.6 Å². The van der Waals surface area contributed by atoms with Gasteiger partial charge in [-0.15, -0.1) is 0 Å². The van der Waals surface area contributed by atoms with Crippen LogP contribution in [0.25, 0.3) is 0 Å². The third-order valence-electron chi connectivity index (χ3n) is 2.87. The number of rotatable bonds is 3. The highest BCUT2D eigenvalue weighted by Gasteiger charge is 2.24. The van der Waals surface area contributed by atoms with Crippen LogP contribution in [0.3, 0.4) is 0 Å². The zero-order valence-electron chi connectivity index (χ0n) is 9.10. The molecule has 5 nitrogen and oxygen atoms in total. The van der Waals surface area contributed by atoms with Crippen molar-refractivity contribution in [3.8, 4) is 5.75 Å². The molecule has 2 rings (SSSR count). The monoisotopic (exact) mass is 222 g/mol. The smallest absolute Gasteiger partial charge is 0.277 e. The summed E-state index contributed by atoms with van der Waals surface area (Å²) in [5.74, 6) is 0.522. The van der Waals surface area contributed by atoms with Crippen molar-refractivity contribution in [3.05, 3.63) is 33.9 Å². The number of benzene rings is 1. The fourth-order valence-electron chi connectivity index (χ4n) is 2.05. The largest absolute Gasteiger partial charge is 0.497 e. The summed E-state index contributed by atoms with van der Waals surface area (Å²) in [5, 5.41) is 14.2. The maximum atomic E-state index is 11.0. The highest BCUT2D eigenvalue weighted by molar-refractivity contribution is 5.47. The predicted molar refractivity (Wildman–Crippen MR) is 59.6 cm³/mol. The molecule has 0 saturated carbocycles. The van der Waals surface area contributed by atoms with E-state index >= 15 is 0 Å². The first-order chi connectivity index (χ1) is 7.72. The molecule has 16 heavy (non-hydrogen) atoms. The molecule has 1 saturated heterocycles. The summed E-state index contributed by atoms with van der Waals surface area (Å²) in [6, 6.07) is 5.13. The Morgan fingerprint density at radius 2 is 2.38 bits per heavy atom. The SMILES string of the molecule is COc1ccc(C2CCCN2)c([N+](=O)[O-])c1. The van der Waals surface area contributed by atoms with E-state index in [0.717, 1.165) is 24.9 Å². The highest BCUT2D eigenvalue weighted by Crippen LogP contribution is 2.33. The molecule has 0 amide bonds. The number of hydrogen-bond acceptors (Lipinski definition) is 4. The number of methoxy groups -OCH3 is 1. The van der Waals surface area contributed by atoms with Crippen LogP contribution in [-0.2, 0) is 0 Å². The lowest BCUT2D eigenvalue weighted by Gasteiger charge is -2.11. The quantitative estimate of drug-likeness (QED) is 0.627. The maximum absolute atomic E-state index is 11.0. The molecular formula is C11H14N2O3. The summed E-state index contributed by atoms with van der Waals surface area (Å²) >= 11 is 0. The van der Waals surface area contributed by atoms with E-state index in [-0.39, 0.29) is 16.7 Å². The van der Waals surface area contributed by atoms with Crippen molar-refractivity contribution < 1.29 is 9.66 Å². The Kier molecular flexibility index (Phi) is 3.05. The van der Waals surface area contributed by atoms with Gasteiger partial charge in [-0.05, 0) is 31.5 Å². The van der Waals surface area contributed by atoms with E-state index < -0.39 is 0 Å². The van der Waals surface area contributed by atoms with Crippen LogP contribution in [0.15, 0.2) is 18.2 Å². The van der Waals surface area contributed by atoms with Crippen molar-refractivity contribution in [3.63, 3.8) is 0 Å². The first kappa shape index (κ1) is 10.9. The third-order valence-corrected chi connectivity index (χ3v) is 2.87. The van der Waals surface area contributed by atoms with Crippen molar-refractivity contribution >= 4 is 5.69 Å². The van der Waals surface area contributed by atoms with Crippen LogP contribution >= 0.6 is 0 Å². The molecule has 1 unspecified atom stereocenters. The minimum absolute atomic E-state index is 0.103. The number of nitro benzene ring substituents is 1. The van der Waals surface area contributed by atoms with E-state index in [1.165, 1.54) is 13.2 Å². The van der Waals surface area contributed by atoms with Crippen molar-refractivity contribution in [1.29, 1.82) is 0 Å². The second kappa shape index (κ2) is 4.49. The molecule has 5 heteroatoms.